The molecular weight excluding hydrogens is 240 g/mol. The van der Waals surface area contributed by atoms with Gasteiger partial charge in [-0.05, 0) is 18.9 Å². The summed E-state index contributed by atoms with van der Waals surface area (Å²) in [5.74, 6) is 1.12. The van der Waals surface area contributed by atoms with Gasteiger partial charge in [-0.15, -0.1) is 0 Å². The summed E-state index contributed by atoms with van der Waals surface area (Å²) in [6.07, 6.45) is 4.91. The Bertz CT molecular complexity index is 393. The molecule has 0 aromatic carbocycles. The third-order valence-corrected chi connectivity index (χ3v) is 2.55. The SMILES string of the molecule is CCCCNC(N)=NCc1cccnc1OCCC. The summed E-state index contributed by atoms with van der Waals surface area (Å²) in [4.78, 5) is 8.52. The summed E-state index contributed by atoms with van der Waals surface area (Å²) in [7, 11) is 0. The first kappa shape index (κ1) is 15.3. The number of ether oxygens (including phenoxy) is 1. The second-order valence-corrected chi connectivity index (χ2v) is 4.30. The van der Waals surface area contributed by atoms with Crippen molar-refractivity contribution in [3.05, 3.63) is 23.9 Å². The molecule has 0 bridgehead atoms. The maximum Gasteiger partial charge on any atom is 0.218 e. The van der Waals surface area contributed by atoms with Crippen LogP contribution in [0.5, 0.6) is 5.88 Å². The van der Waals surface area contributed by atoms with Crippen molar-refractivity contribution in [1.29, 1.82) is 0 Å². The van der Waals surface area contributed by atoms with Crippen LogP contribution in [0.3, 0.4) is 0 Å². The average Bonchev–Trinajstić information content (AvgIpc) is 2.44. The highest BCUT2D eigenvalue weighted by Gasteiger charge is 2.03. The lowest BCUT2D eigenvalue weighted by atomic mass is 10.3. The topological polar surface area (TPSA) is 72.5 Å². The summed E-state index contributed by atoms with van der Waals surface area (Å²) in [6.45, 7) is 6.21. The fourth-order valence-corrected chi connectivity index (χ4v) is 1.49. The van der Waals surface area contributed by atoms with Crippen LogP contribution in [0.1, 0.15) is 38.7 Å². The molecule has 0 amide bonds. The maximum absolute atomic E-state index is 5.79. The smallest absolute Gasteiger partial charge is 0.218 e. The fourth-order valence-electron chi connectivity index (χ4n) is 1.49. The van der Waals surface area contributed by atoms with E-state index >= 15 is 0 Å². The molecule has 0 aliphatic carbocycles. The van der Waals surface area contributed by atoms with E-state index in [-0.39, 0.29) is 0 Å². The Hall–Kier alpha value is -1.78. The number of pyridine rings is 1. The van der Waals surface area contributed by atoms with Gasteiger partial charge < -0.3 is 15.8 Å². The molecule has 0 aliphatic rings. The van der Waals surface area contributed by atoms with Gasteiger partial charge in [-0.3, -0.25) is 0 Å². The van der Waals surface area contributed by atoms with Crippen LogP contribution in [0.2, 0.25) is 0 Å². The molecular formula is C14H24N4O. The predicted octanol–water partition coefficient (Wildman–Crippen LogP) is 2.07. The lowest BCUT2D eigenvalue weighted by Crippen LogP contribution is -2.32. The summed E-state index contributed by atoms with van der Waals surface area (Å²) in [5, 5.41) is 3.08. The average molecular weight is 264 g/mol. The van der Waals surface area contributed by atoms with Gasteiger partial charge in [0.2, 0.25) is 5.88 Å². The number of aromatic nitrogens is 1. The Balaban J connectivity index is 2.53. The Morgan fingerprint density at radius 3 is 3.00 bits per heavy atom. The highest BCUT2D eigenvalue weighted by atomic mass is 16.5. The molecule has 106 valence electrons. The van der Waals surface area contributed by atoms with E-state index < -0.39 is 0 Å². The predicted molar refractivity (Wildman–Crippen MR) is 78.3 cm³/mol. The van der Waals surface area contributed by atoms with E-state index in [0.717, 1.165) is 31.4 Å². The quantitative estimate of drug-likeness (QED) is 0.428. The fraction of sp³-hybridized carbons (Fsp3) is 0.571. The minimum atomic E-state index is 0.471. The Morgan fingerprint density at radius 1 is 1.42 bits per heavy atom. The van der Waals surface area contributed by atoms with Crippen LogP contribution >= 0.6 is 0 Å². The van der Waals surface area contributed by atoms with E-state index in [1.807, 2.05) is 12.1 Å². The Kier molecular flexibility index (Phi) is 7.39. The molecule has 5 heteroatoms. The molecule has 0 unspecified atom stereocenters. The minimum Gasteiger partial charge on any atom is -0.477 e. The molecule has 0 aliphatic heterocycles. The Labute approximate surface area is 115 Å². The van der Waals surface area contributed by atoms with Gasteiger partial charge in [0.05, 0.1) is 13.2 Å². The summed E-state index contributed by atoms with van der Waals surface area (Å²) in [5.41, 5.74) is 6.74. The molecule has 0 radical (unpaired) electrons. The molecule has 0 atom stereocenters. The van der Waals surface area contributed by atoms with Crippen molar-refractivity contribution in [3.8, 4) is 5.88 Å². The highest BCUT2D eigenvalue weighted by Crippen LogP contribution is 2.15. The van der Waals surface area contributed by atoms with E-state index in [0.29, 0.717) is 25.0 Å². The molecule has 0 saturated carbocycles. The van der Waals surface area contributed by atoms with Crippen molar-refractivity contribution in [1.82, 2.24) is 10.3 Å². The van der Waals surface area contributed by atoms with Gasteiger partial charge in [0, 0.05) is 18.3 Å². The first-order valence-corrected chi connectivity index (χ1v) is 6.88. The Morgan fingerprint density at radius 2 is 2.26 bits per heavy atom. The summed E-state index contributed by atoms with van der Waals surface area (Å²) < 4.78 is 5.58. The van der Waals surface area contributed by atoms with Gasteiger partial charge in [-0.2, -0.15) is 0 Å². The molecule has 19 heavy (non-hydrogen) atoms. The number of rotatable bonds is 8. The zero-order chi connectivity index (χ0) is 13.9. The van der Waals surface area contributed by atoms with Crippen molar-refractivity contribution >= 4 is 5.96 Å². The number of nitrogens with zero attached hydrogens (tertiary/aromatic N) is 2. The monoisotopic (exact) mass is 264 g/mol. The lowest BCUT2D eigenvalue weighted by Gasteiger charge is -2.08. The van der Waals surface area contributed by atoms with Crippen LogP contribution in [0.15, 0.2) is 23.3 Å². The standard InChI is InChI=1S/C14H24N4O/c1-3-5-8-17-14(15)18-11-12-7-6-9-16-13(12)19-10-4-2/h6-7,9H,3-5,8,10-11H2,1-2H3,(H3,15,17,18). The second kappa shape index (κ2) is 9.19. The van der Waals surface area contributed by atoms with Gasteiger partial charge >= 0.3 is 0 Å². The van der Waals surface area contributed by atoms with E-state index in [1.54, 1.807) is 6.20 Å². The van der Waals surface area contributed by atoms with E-state index in [2.05, 4.69) is 29.1 Å². The number of nitrogens with one attached hydrogen (secondary N) is 1. The van der Waals surface area contributed by atoms with Crippen molar-refractivity contribution in [2.24, 2.45) is 10.7 Å². The van der Waals surface area contributed by atoms with Gasteiger partial charge in [-0.25, -0.2) is 9.98 Å². The van der Waals surface area contributed by atoms with Gasteiger partial charge in [0.1, 0.15) is 0 Å². The van der Waals surface area contributed by atoms with Crippen LogP contribution in [0, 0.1) is 0 Å². The maximum atomic E-state index is 5.79. The van der Waals surface area contributed by atoms with Gasteiger partial charge in [-0.1, -0.05) is 26.3 Å². The van der Waals surface area contributed by atoms with Crippen LogP contribution < -0.4 is 15.8 Å². The highest BCUT2D eigenvalue weighted by molar-refractivity contribution is 5.77. The number of hydrogen-bond acceptors (Lipinski definition) is 3. The molecule has 1 aromatic heterocycles. The van der Waals surface area contributed by atoms with E-state index in [9.17, 15) is 0 Å². The third-order valence-electron chi connectivity index (χ3n) is 2.55. The van der Waals surface area contributed by atoms with Crippen molar-refractivity contribution in [2.75, 3.05) is 13.2 Å². The first-order chi connectivity index (χ1) is 9.27. The molecule has 1 rings (SSSR count). The normalized spacial score (nSPS) is 11.4. The zero-order valence-corrected chi connectivity index (χ0v) is 11.9. The number of unbranched alkanes of at least 4 members (excludes halogenated alkanes) is 1. The number of hydrogen-bond donors (Lipinski definition) is 2. The molecule has 3 N–H and O–H groups in total. The first-order valence-electron chi connectivity index (χ1n) is 6.88. The molecule has 0 fully saturated rings. The molecule has 1 aromatic rings. The van der Waals surface area contributed by atoms with E-state index in [1.165, 1.54) is 0 Å². The number of guanidine groups is 1. The summed E-state index contributed by atoms with van der Waals surface area (Å²) >= 11 is 0. The number of aliphatic imine (C=N–C) groups is 1. The van der Waals surface area contributed by atoms with Crippen molar-refractivity contribution in [3.63, 3.8) is 0 Å². The molecule has 0 saturated heterocycles. The number of nitrogens with two attached hydrogens (primary N) is 1. The van der Waals surface area contributed by atoms with Crippen LogP contribution in [0.4, 0.5) is 0 Å². The van der Waals surface area contributed by atoms with Crippen LogP contribution in [0.25, 0.3) is 0 Å². The van der Waals surface area contributed by atoms with Crippen LogP contribution in [-0.2, 0) is 6.54 Å². The van der Waals surface area contributed by atoms with Crippen LogP contribution in [-0.4, -0.2) is 24.1 Å². The van der Waals surface area contributed by atoms with Crippen molar-refractivity contribution in [2.45, 2.75) is 39.7 Å². The second-order valence-electron chi connectivity index (χ2n) is 4.30. The largest absolute Gasteiger partial charge is 0.477 e. The van der Waals surface area contributed by atoms with Gasteiger partial charge in [0.15, 0.2) is 5.96 Å². The lowest BCUT2D eigenvalue weighted by molar-refractivity contribution is 0.302. The summed E-state index contributed by atoms with van der Waals surface area (Å²) in [6, 6.07) is 3.84. The van der Waals surface area contributed by atoms with Gasteiger partial charge in [0.25, 0.3) is 0 Å². The molecule has 1 heterocycles. The van der Waals surface area contributed by atoms with E-state index in [4.69, 9.17) is 10.5 Å². The van der Waals surface area contributed by atoms with Crippen molar-refractivity contribution < 1.29 is 4.74 Å². The molecule has 5 nitrogen and oxygen atoms in total. The minimum absolute atomic E-state index is 0.471. The zero-order valence-electron chi connectivity index (χ0n) is 11.9. The third kappa shape index (κ3) is 6.08. The molecule has 0 spiro atoms.